The number of ether oxygens (including phenoxy) is 2. The molecule has 6 nitrogen and oxygen atoms in total. The molecule has 1 heterocycles. The van der Waals surface area contributed by atoms with Gasteiger partial charge in [-0.1, -0.05) is 19.9 Å². The minimum absolute atomic E-state index is 0.0223. The Morgan fingerprint density at radius 1 is 1.15 bits per heavy atom. The van der Waals surface area contributed by atoms with E-state index in [0.29, 0.717) is 6.54 Å². The first kappa shape index (κ1) is 20.7. The molecular formula is C21H31N3O3. The number of nitrogens with one attached hydrogen (secondary N) is 2. The van der Waals surface area contributed by atoms with Gasteiger partial charge in [0, 0.05) is 19.0 Å². The molecule has 2 rings (SSSR count). The number of furan rings is 1. The van der Waals surface area contributed by atoms with E-state index < -0.39 is 0 Å². The lowest BCUT2D eigenvalue weighted by atomic mass is 9.84. The van der Waals surface area contributed by atoms with E-state index in [-0.39, 0.29) is 11.5 Å². The van der Waals surface area contributed by atoms with E-state index in [1.165, 1.54) is 0 Å². The number of nitrogens with zero attached hydrogens (tertiary/aromatic N) is 1. The molecule has 1 aromatic carbocycles. The van der Waals surface area contributed by atoms with Crippen LogP contribution in [0.5, 0.6) is 11.5 Å². The fourth-order valence-corrected chi connectivity index (χ4v) is 2.82. The Bertz CT molecular complexity index is 781. The van der Waals surface area contributed by atoms with Crippen molar-refractivity contribution in [2.75, 3.05) is 27.8 Å². The minimum Gasteiger partial charge on any atom is -0.493 e. The van der Waals surface area contributed by atoms with Crippen molar-refractivity contribution < 1.29 is 13.9 Å². The van der Waals surface area contributed by atoms with E-state index in [1.807, 2.05) is 38.1 Å². The first-order valence-electron chi connectivity index (χ1n) is 9.06. The lowest BCUT2D eigenvalue weighted by Gasteiger charge is -2.28. The van der Waals surface area contributed by atoms with Gasteiger partial charge in [-0.3, -0.25) is 4.99 Å². The van der Waals surface area contributed by atoms with Crippen LogP contribution in [-0.2, 0) is 5.41 Å². The van der Waals surface area contributed by atoms with Gasteiger partial charge in [0.1, 0.15) is 11.5 Å². The van der Waals surface area contributed by atoms with Gasteiger partial charge in [-0.15, -0.1) is 0 Å². The van der Waals surface area contributed by atoms with Crippen molar-refractivity contribution in [3.8, 4) is 11.5 Å². The van der Waals surface area contributed by atoms with Gasteiger partial charge in [0.25, 0.3) is 0 Å². The molecule has 6 heteroatoms. The van der Waals surface area contributed by atoms with Crippen molar-refractivity contribution in [1.82, 2.24) is 10.6 Å². The lowest BCUT2D eigenvalue weighted by molar-refractivity contribution is 0.353. The quantitative estimate of drug-likeness (QED) is 0.571. The van der Waals surface area contributed by atoms with Crippen LogP contribution in [-0.4, -0.2) is 33.8 Å². The van der Waals surface area contributed by atoms with Crippen LogP contribution in [0.3, 0.4) is 0 Å². The molecule has 1 unspecified atom stereocenters. The molecule has 0 radical (unpaired) electrons. The van der Waals surface area contributed by atoms with Gasteiger partial charge in [0.2, 0.25) is 0 Å². The zero-order valence-corrected chi connectivity index (χ0v) is 17.3. The third-order valence-electron chi connectivity index (χ3n) is 4.63. The zero-order chi connectivity index (χ0) is 20.0. The average Bonchev–Trinajstić information content (AvgIpc) is 3.10. The van der Waals surface area contributed by atoms with E-state index in [0.717, 1.165) is 34.5 Å². The van der Waals surface area contributed by atoms with Crippen LogP contribution < -0.4 is 20.1 Å². The molecule has 0 aliphatic carbocycles. The molecular weight excluding hydrogens is 342 g/mol. The molecule has 0 spiro atoms. The Kier molecular flexibility index (Phi) is 6.77. The van der Waals surface area contributed by atoms with Gasteiger partial charge in [-0.25, -0.2) is 0 Å². The predicted molar refractivity (Wildman–Crippen MR) is 109 cm³/mol. The second-order valence-corrected chi connectivity index (χ2v) is 7.19. The van der Waals surface area contributed by atoms with Crippen LogP contribution in [0.1, 0.15) is 43.9 Å². The predicted octanol–water partition coefficient (Wildman–Crippen LogP) is 3.81. The molecule has 2 N–H and O–H groups in total. The average molecular weight is 373 g/mol. The molecule has 2 aromatic rings. The third kappa shape index (κ3) is 5.18. The summed E-state index contributed by atoms with van der Waals surface area (Å²) in [6.45, 7) is 9.04. The topological polar surface area (TPSA) is 68.0 Å². The van der Waals surface area contributed by atoms with Crippen molar-refractivity contribution in [2.45, 2.75) is 39.2 Å². The largest absolute Gasteiger partial charge is 0.493 e. The van der Waals surface area contributed by atoms with E-state index in [1.54, 1.807) is 21.3 Å². The van der Waals surface area contributed by atoms with Crippen molar-refractivity contribution in [3.05, 3.63) is 47.4 Å². The maximum atomic E-state index is 5.68. The molecule has 0 fully saturated rings. The smallest absolute Gasteiger partial charge is 0.191 e. The number of benzene rings is 1. The fraction of sp³-hybridized carbons (Fsp3) is 0.476. The standard InChI is InChI=1S/C21H31N3O3/c1-14-8-10-17(27-14)15(2)24-20(22-5)23-13-21(3,4)16-9-11-18(25-6)19(12-16)26-7/h8-12,15H,13H2,1-7H3,(H2,22,23,24). The highest BCUT2D eigenvalue weighted by Crippen LogP contribution is 2.32. The highest BCUT2D eigenvalue weighted by Gasteiger charge is 2.23. The summed E-state index contributed by atoms with van der Waals surface area (Å²) in [6, 6.07) is 9.98. The summed E-state index contributed by atoms with van der Waals surface area (Å²) in [5, 5.41) is 6.77. The lowest BCUT2D eigenvalue weighted by Crippen LogP contribution is -2.44. The summed E-state index contributed by atoms with van der Waals surface area (Å²) in [5.74, 6) is 3.97. The molecule has 1 atom stereocenters. The van der Waals surface area contributed by atoms with Crippen LogP contribution in [0.25, 0.3) is 0 Å². The number of methoxy groups -OCH3 is 2. The molecule has 148 valence electrons. The molecule has 1 aromatic heterocycles. The zero-order valence-electron chi connectivity index (χ0n) is 17.3. The SMILES string of the molecule is CN=C(NCC(C)(C)c1ccc(OC)c(OC)c1)NC(C)c1ccc(C)o1. The van der Waals surface area contributed by atoms with Crippen molar-refractivity contribution in [1.29, 1.82) is 0 Å². The Morgan fingerprint density at radius 3 is 2.41 bits per heavy atom. The van der Waals surface area contributed by atoms with Crippen molar-refractivity contribution in [2.24, 2.45) is 4.99 Å². The monoisotopic (exact) mass is 373 g/mol. The van der Waals surface area contributed by atoms with Gasteiger partial charge in [0.05, 0.1) is 20.3 Å². The Morgan fingerprint density at radius 2 is 1.85 bits per heavy atom. The van der Waals surface area contributed by atoms with Crippen LogP contribution in [0.4, 0.5) is 0 Å². The molecule has 0 aliphatic rings. The summed E-state index contributed by atoms with van der Waals surface area (Å²) >= 11 is 0. The molecule has 27 heavy (non-hydrogen) atoms. The molecule has 0 aliphatic heterocycles. The van der Waals surface area contributed by atoms with Gasteiger partial charge in [-0.05, 0) is 43.7 Å². The van der Waals surface area contributed by atoms with Crippen LogP contribution in [0.15, 0.2) is 39.7 Å². The second kappa shape index (κ2) is 8.84. The number of rotatable bonds is 7. The van der Waals surface area contributed by atoms with Crippen molar-refractivity contribution >= 4 is 5.96 Å². The summed E-state index contributed by atoms with van der Waals surface area (Å²) in [4.78, 5) is 4.33. The van der Waals surface area contributed by atoms with E-state index in [9.17, 15) is 0 Å². The summed E-state index contributed by atoms with van der Waals surface area (Å²) in [7, 11) is 5.05. The summed E-state index contributed by atoms with van der Waals surface area (Å²) < 4.78 is 16.4. The van der Waals surface area contributed by atoms with Gasteiger partial charge in [0.15, 0.2) is 17.5 Å². The van der Waals surface area contributed by atoms with Gasteiger partial charge < -0.3 is 24.5 Å². The number of guanidine groups is 1. The minimum atomic E-state index is -0.137. The fourth-order valence-electron chi connectivity index (χ4n) is 2.82. The van der Waals surface area contributed by atoms with E-state index >= 15 is 0 Å². The van der Waals surface area contributed by atoms with Gasteiger partial charge in [-0.2, -0.15) is 0 Å². The maximum Gasteiger partial charge on any atom is 0.191 e. The van der Waals surface area contributed by atoms with Crippen LogP contribution >= 0.6 is 0 Å². The summed E-state index contributed by atoms with van der Waals surface area (Å²) in [6.07, 6.45) is 0. The first-order chi connectivity index (χ1) is 12.8. The highest BCUT2D eigenvalue weighted by atomic mass is 16.5. The van der Waals surface area contributed by atoms with Crippen molar-refractivity contribution in [3.63, 3.8) is 0 Å². The normalized spacial score (nSPS) is 13.2. The molecule has 0 saturated carbocycles. The van der Waals surface area contributed by atoms with Crippen LogP contribution in [0, 0.1) is 6.92 Å². The van der Waals surface area contributed by atoms with E-state index in [4.69, 9.17) is 13.9 Å². The Hall–Kier alpha value is -2.63. The number of hydrogen-bond donors (Lipinski definition) is 2. The number of aliphatic imine (C=N–C) groups is 1. The molecule has 0 amide bonds. The van der Waals surface area contributed by atoms with E-state index in [2.05, 4.69) is 35.5 Å². The molecule has 0 bridgehead atoms. The Labute approximate surface area is 162 Å². The second-order valence-electron chi connectivity index (χ2n) is 7.19. The summed E-state index contributed by atoms with van der Waals surface area (Å²) in [5.41, 5.74) is 1.01. The molecule has 0 saturated heterocycles. The maximum absolute atomic E-state index is 5.68. The highest BCUT2D eigenvalue weighted by molar-refractivity contribution is 5.80. The van der Waals surface area contributed by atoms with Gasteiger partial charge >= 0.3 is 0 Å². The number of aryl methyl sites for hydroxylation is 1. The Balaban J connectivity index is 2.04. The first-order valence-corrected chi connectivity index (χ1v) is 9.06. The third-order valence-corrected chi connectivity index (χ3v) is 4.63. The van der Waals surface area contributed by atoms with Crippen LogP contribution in [0.2, 0.25) is 0 Å². The number of hydrogen-bond acceptors (Lipinski definition) is 4.